The predicted molar refractivity (Wildman–Crippen MR) is 139 cm³/mol. The van der Waals surface area contributed by atoms with Crippen LogP contribution in [0.4, 0.5) is 0 Å². The molecule has 8 heteroatoms. The van der Waals surface area contributed by atoms with E-state index < -0.39 is 0 Å². The van der Waals surface area contributed by atoms with E-state index in [9.17, 15) is 9.59 Å². The third-order valence-corrected chi connectivity index (χ3v) is 8.26. The Hall–Kier alpha value is -2.45. The van der Waals surface area contributed by atoms with Crippen molar-refractivity contribution in [2.75, 3.05) is 5.75 Å². The van der Waals surface area contributed by atoms with Crippen LogP contribution in [0.3, 0.4) is 0 Å². The van der Waals surface area contributed by atoms with Crippen LogP contribution in [-0.2, 0) is 17.8 Å². The first-order valence-electron chi connectivity index (χ1n) is 11.1. The smallest absolute Gasteiger partial charge is 0.267 e. The fourth-order valence-corrected chi connectivity index (χ4v) is 6.28. The van der Waals surface area contributed by atoms with Gasteiger partial charge in [0.2, 0.25) is 0 Å². The molecular formula is C26H23ClN2O3S2. The molecule has 0 unspecified atom stereocenters. The van der Waals surface area contributed by atoms with E-state index in [2.05, 4.69) is 13.8 Å². The van der Waals surface area contributed by atoms with Crippen molar-refractivity contribution in [3.8, 4) is 5.69 Å². The number of hydrogen-bond donors (Lipinski definition) is 0. The van der Waals surface area contributed by atoms with Crippen LogP contribution >= 0.6 is 34.7 Å². The standard InChI is InChI=1S/C26H23ClN2O3S2/c1-15(2)21-12-19-22(13-32-21)34-24-23(19)25(31)29(18-6-4-3-5-7-18)26(28-24)33-14-20(30)16-8-10-17(27)11-9-16/h3-11,15,21H,12-14H2,1-2H3/t21-/m1/s1. The zero-order chi connectivity index (χ0) is 23.8. The number of aromatic nitrogens is 2. The highest BCUT2D eigenvalue weighted by Gasteiger charge is 2.29. The van der Waals surface area contributed by atoms with Gasteiger partial charge in [0.25, 0.3) is 5.56 Å². The minimum Gasteiger partial charge on any atom is -0.372 e. The normalized spacial score (nSPS) is 15.6. The summed E-state index contributed by atoms with van der Waals surface area (Å²) in [5, 5.41) is 1.76. The molecule has 1 atom stereocenters. The summed E-state index contributed by atoms with van der Waals surface area (Å²) in [6.07, 6.45) is 0.793. The Morgan fingerprint density at radius 2 is 1.94 bits per heavy atom. The number of thiophene rings is 1. The van der Waals surface area contributed by atoms with Crippen LogP contribution in [0.5, 0.6) is 0 Å². The van der Waals surface area contributed by atoms with Gasteiger partial charge in [-0.1, -0.05) is 55.4 Å². The quantitative estimate of drug-likeness (QED) is 0.176. The molecule has 3 heterocycles. The van der Waals surface area contributed by atoms with Crippen LogP contribution in [0, 0.1) is 5.92 Å². The molecular weight excluding hydrogens is 488 g/mol. The first-order valence-corrected chi connectivity index (χ1v) is 13.3. The van der Waals surface area contributed by atoms with E-state index in [4.69, 9.17) is 21.3 Å². The molecule has 0 spiro atoms. The number of benzene rings is 2. The lowest BCUT2D eigenvalue weighted by Crippen LogP contribution is -2.28. The SMILES string of the molecule is CC(C)[C@H]1Cc2c(sc3nc(SCC(=O)c4ccc(Cl)cc4)n(-c4ccccc4)c(=O)c23)CO1. The molecule has 0 bridgehead atoms. The zero-order valence-corrected chi connectivity index (χ0v) is 21.2. The second-order valence-corrected chi connectivity index (χ2v) is 11.0. The summed E-state index contributed by atoms with van der Waals surface area (Å²) in [6.45, 7) is 4.77. The summed E-state index contributed by atoms with van der Waals surface area (Å²) in [6, 6.07) is 16.3. The molecule has 0 N–H and O–H groups in total. The molecule has 174 valence electrons. The summed E-state index contributed by atoms with van der Waals surface area (Å²) in [7, 11) is 0. The van der Waals surface area contributed by atoms with Gasteiger partial charge in [0, 0.05) is 21.9 Å². The molecule has 0 amide bonds. The van der Waals surface area contributed by atoms with Gasteiger partial charge in [-0.25, -0.2) is 4.98 Å². The van der Waals surface area contributed by atoms with Gasteiger partial charge < -0.3 is 4.74 Å². The van der Waals surface area contributed by atoms with Gasteiger partial charge in [0.1, 0.15) is 4.83 Å². The maximum absolute atomic E-state index is 13.9. The lowest BCUT2D eigenvalue weighted by atomic mass is 9.96. The lowest BCUT2D eigenvalue weighted by molar-refractivity contribution is 0.00200. The second kappa shape index (κ2) is 9.66. The zero-order valence-electron chi connectivity index (χ0n) is 18.8. The number of ether oxygens (including phenoxy) is 1. The molecule has 0 aliphatic carbocycles. The maximum Gasteiger partial charge on any atom is 0.267 e. The molecule has 0 radical (unpaired) electrons. The highest BCUT2D eigenvalue weighted by molar-refractivity contribution is 7.99. The van der Waals surface area contributed by atoms with Crippen LogP contribution in [0.1, 0.15) is 34.6 Å². The topological polar surface area (TPSA) is 61.2 Å². The molecule has 34 heavy (non-hydrogen) atoms. The number of fused-ring (bicyclic) bond motifs is 3. The van der Waals surface area contributed by atoms with Crippen molar-refractivity contribution >= 4 is 50.7 Å². The predicted octanol–water partition coefficient (Wildman–Crippen LogP) is 6.17. The molecule has 4 aromatic rings. The molecule has 0 saturated carbocycles. The monoisotopic (exact) mass is 510 g/mol. The summed E-state index contributed by atoms with van der Waals surface area (Å²) >= 11 is 8.74. The van der Waals surface area contributed by atoms with Crippen LogP contribution in [0.2, 0.25) is 5.02 Å². The first-order chi connectivity index (χ1) is 16.4. The average Bonchev–Trinajstić information content (AvgIpc) is 3.21. The summed E-state index contributed by atoms with van der Waals surface area (Å²) < 4.78 is 7.67. The van der Waals surface area contributed by atoms with Crippen molar-refractivity contribution in [1.82, 2.24) is 9.55 Å². The highest BCUT2D eigenvalue weighted by Crippen LogP contribution is 2.36. The number of nitrogens with zero attached hydrogens (tertiary/aromatic N) is 2. The number of Topliss-reactive ketones (excluding diaryl/α,β-unsaturated/α-hetero) is 1. The third kappa shape index (κ3) is 4.45. The van der Waals surface area contributed by atoms with Gasteiger partial charge in [0.05, 0.1) is 29.5 Å². The Bertz CT molecular complexity index is 1410. The van der Waals surface area contributed by atoms with Crippen molar-refractivity contribution in [2.24, 2.45) is 5.92 Å². The summed E-state index contributed by atoms with van der Waals surface area (Å²) in [5.74, 6) is 0.478. The van der Waals surface area contributed by atoms with Crippen molar-refractivity contribution in [1.29, 1.82) is 0 Å². The maximum atomic E-state index is 13.9. The van der Waals surface area contributed by atoms with Gasteiger partial charge in [0.15, 0.2) is 10.9 Å². The first kappa shape index (κ1) is 23.3. The fraction of sp³-hybridized carbons (Fsp3) is 0.269. The number of carbonyl (C=O) groups is 1. The van der Waals surface area contributed by atoms with E-state index in [1.807, 2.05) is 30.3 Å². The Kier molecular flexibility index (Phi) is 6.62. The minimum atomic E-state index is -0.0976. The molecule has 1 aliphatic heterocycles. The van der Waals surface area contributed by atoms with E-state index in [1.165, 1.54) is 23.1 Å². The number of para-hydroxylation sites is 1. The molecule has 1 aliphatic rings. The van der Waals surface area contributed by atoms with Crippen molar-refractivity contribution in [3.63, 3.8) is 0 Å². The van der Waals surface area contributed by atoms with E-state index in [0.29, 0.717) is 44.9 Å². The lowest BCUT2D eigenvalue weighted by Gasteiger charge is -2.26. The van der Waals surface area contributed by atoms with Crippen LogP contribution < -0.4 is 5.56 Å². The Balaban J connectivity index is 1.58. The number of rotatable bonds is 6. The largest absolute Gasteiger partial charge is 0.372 e. The van der Waals surface area contributed by atoms with E-state index in [0.717, 1.165) is 16.1 Å². The molecule has 2 aromatic heterocycles. The second-order valence-electron chi connectivity index (χ2n) is 8.57. The third-order valence-electron chi connectivity index (χ3n) is 5.97. The number of halogens is 1. The molecule has 5 rings (SSSR count). The summed E-state index contributed by atoms with van der Waals surface area (Å²) in [4.78, 5) is 33.3. The van der Waals surface area contributed by atoms with Crippen molar-refractivity contribution < 1.29 is 9.53 Å². The van der Waals surface area contributed by atoms with Crippen molar-refractivity contribution in [2.45, 2.75) is 38.1 Å². The molecule has 0 fully saturated rings. The van der Waals surface area contributed by atoms with Crippen LogP contribution in [-0.4, -0.2) is 27.2 Å². The van der Waals surface area contributed by atoms with E-state index in [-0.39, 0.29) is 23.2 Å². The fourth-order valence-electron chi connectivity index (χ4n) is 4.09. The van der Waals surface area contributed by atoms with Gasteiger partial charge in [-0.05, 0) is 47.9 Å². The summed E-state index contributed by atoms with van der Waals surface area (Å²) in [5.41, 5.74) is 2.27. The Morgan fingerprint density at radius 1 is 1.21 bits per heavy atom. The van der Waals surface area contributed by atoms with Gasteiger partial charge in [-0.3, -0.25) is 14.2 Å². The van der Waals surface area contributed by atoms with Crippen molar-refractivity contribution in [3.05, 3.63) is 86.0 Å². The van der Waals surface area contributed by atoms with E-state index in [1.54, 1.807) is 28.8 Å². The van der Waals surface area contributed by atoms with Crippen LogP contribution in [0.25, 0.3) is 15.9 Å². The number of carbonyl (C=O) groups excluding carboxylic acids is 1. The number of thioether (sulfide) groups is 1. The number of hydrogen-bond acceptors (Lipinski definition) is 6. The Labute approximate surface area is 210 Å². The molecule has 0 saturated heterocycles. The van der Waals surface area contributed by atoms with Gasteiger partial charge in [-0.15, -0.1) is 11.3 Å². The average molecular weight is 511 g/mol. The molecule has 5 nitrogen and oxygen atoms in total. The molecule has 2 aromatic carbocycles. The highest BCUT2D eigenvalue weighted by atomic mass is 35.5. The van der Waals surface area contributed by atoms with Crippen LogP contribution in [0.15, 0.2) is 64.5 Å². The number of ketones is 1. The van der Waals surface area contributed by atoms with Gasteiger partial charge in [-0.2, -0.15) is 0 Å². The van der Waals surface area contributed by atoms with Gasteiger partial charge >= 0.3 is 0 Å². The Morgan fingerprint density at radius 3 is 2.65 bits per heavy atom. The van der Waals surface area contributed by atoms with E-state index >= 15 is 0 Å². The minimum absolute atomic E-state index is 0.0470.